The fourth-order valence-electron chi connectivity index (χ4n) is 2.44. The maximum absolute atomic E-state index is 5.90. The minimum absolute atomic E-state index is 0.333. The summed E-state index contributed by atoms with van der Waals surface area (Å²) in [6.07, 6.45) is 1.79. The zero-order valence-corrected chi connectivity index (χ0v) is 11.4. The number of rotatable bonds is 3. The highest BCUT2D eigenvalue weighted by Crippen LogP contribution is 2.30. The van der Waals surface area contributed by atoms with Gasteiger partial charge in [-0.1, -0.05) is 0 Å². The minimum Gasteiger partial charge on any atom is -0.493 e. The molecular weight excluding hydrogens is 228 g/mol. The number of methoxy groups -OCH3 is 1. The lowest BCUT2D eigenvalue weighted by Crippen LogP contribution is -2.55. The lowest BCUT2D eigenvalue weighted by molar-refractivity contribution is 0.268. The summed E-state index contributed by atoms with van der Waals surface area (Å²) in [6, 6.07) is 2.41. The number of hydrogen-bond acceptors (Lipinski definition) is 5. The molecule has 1 unspecified atom stereocenters. The van der Waals surface area contributed by atoms with Gasteiger partial charge in [0.15, 0.2) is 5.75 Å². The molecule has 1 atom stereocenters. The van der Waals surface area contributed by atoms with Gasteiger partial charge in [0.25, 0.3) is 0 Å². The molecule has 0 bridgehead atoms. The van der Waals surface area contributed by atoms with Crippen LogP contribution in [0.3, 0.4) is 0 Å². The number of nitrogens with two attached hydrogens (primary N) is 1. The van der Waals surface area contributed by atoms with Crippen LogP contribution < -0.4 is 15.4 Å². The molecule has 1 aliphatic rings. The molecule has 1 aromatic rings. The number of piperazine rings is 1. The number of aromatic nitrogens is 1. The molecule has 2 N–H and O–H groups in total. The number of likely N-dealkylation sites (N-methyl/N-ethyl adjacent to an activating group) is 1. The van der Waals surface area contributed by atoms with E-state index in [0.29, 0.717) is 12.6 Å². The van der Waals surface area contributed by atoms with E-state index >= 15 is 0 Å². The van der Waals surface area contributed by atoms with Gasteiger partial charge in [0.2, 0.25) is 0 Å². The highest BCUT2D eigenvalue weighted by molar-refractivity contribution is 5.59. The number of nitrogens with zero attached hydrogens (tertiary/aromatic N) is 3. The summed E-state index contributed by atoms with van der Waals surface area (Å²) in [5, 5.41) is 0. The Hall–Kier alpha value is -1.33. The Balaban J connectivity index is 2.31. The maximum atomic E-state index is 5.90. The number of pyridine rings is 1. The monoisotopic (exact) mass is 250 g/mol. The zero-order chi connectivity index (χ0) is 13.1. The van der Waals surface area contributed by atoms with E-state index in [1.807, 2.05) is 6.92 Å². The topological polar surface area (TPSA) is 54.6 Å². The van der Waals surface area contributed by atoms with E-state index in [9.17, 15) is 0 Å². The summed E-state index contributed by atoms with van der Waals surface area (Å²) >= 11 is 0. The van der Waals surface area contributed by atoms with E-state index in [1.54, 1.807) is 13.3 Å². The van der Waals surface area contributed by atoms with Crippen molar-refractivity contribution in [2.75, 3.05) is 45.2 Å². The quantitative estimate of drug-likeness (QED) is 0.845. The van der Waals surface area contributed by atoms with Gasteiger partial charge < -0.3 is 20.3 Å². The van der Waals surface area contributed by atoms with Gasteiger partial charge in [-0.3, -0.25) is 4.98 Å². The van der Waals surface area contributed by atoms with Crippen LogP contribution in [0.25, 0.3) is 0 Å². The average molecular weight is 250 g/mol. The van der Waals surface area contributed by atoms with Gasteiger partial charge >= 0.3 is 0 Å². The predicted octanol–water partition coefficient (Wildman–Crippen LogP) is 0.478. The first-order chi connectivity index (χ1) is 8.65. The molecule has 2 heterocycles. The Morgan fingerprint density at radius 3 is 2.94 bits per heavy atom. The fourth-order valence-corrected chi connectivity index (χ4v) is 2.44. The van der Waals surface area contributed by atoms with Gasteiger partial charge in [-0.2, -0.15) is 0 Å². The van der Waals surface area contributed by atoms with Crippen LogP contribution >= 0.6 is 0 Å². The van der Waals surface area contributed by atoms with Crippen molar-refractivity contribution in [3.8, 4) is 5.75 Å². The third-order valence-corrected chi connectivity index (χ3v) is 3.47. The standard InChI is InChI=1S/C13H22N4O/c1-10-6-12(13(18-3)8-15-10)17-5-4-16(2)9-11(17)7-14/h6,8,11H,4-5,7,9,14H2,1-3H3. The first kappa shape index (κ1) is 13.1. The van der Waals surface area contributed by atoms with Crippen LogP contribution in [0.5, 0.6) is 5.75 Å². The van der Waals surface area contributed by atoms with Gasteiger partial charge in [-0.05, 0) is 20.0 Å². The maximum Gasteiger partial charge on any atom is 0.160 e. The molecule has 2 rings (SSSR count). The number of anilines is 1. The molecule has 0 aliphatic carbocycles. The van der Waals surface area contributed by atoms with Crippen LogP contribution in [0.4, 0.5) is 5.69 Å². The van der Waals surface area contributed by atoms with Crippen LogP contribution in [-0.2, 0) is 0 Å². The first-order valence-corrected chi connectivity index (χ1v) is 6.31. The summed E-state index contributed by atoms with van der Waals surface area (Å²) in [7, 11) is 3.82. The summed E-state index contributed by atoms with van der Waals surface area (Å²) in [4.78, 5) is 8.93. The zero-order valence-electron chi connectivity index (χ0n) is 11.4. The number of aryl methyl sites for hydroxylation is 1. The molecule has 18 heavy (non-hydrogen) atoms. The Morgan fingerprint density at radius 2 is 2.28 bits per heavy atom. The van der Waals surface area contributed by atoms with Crippen LogP contribution in [0.15, 0.2) is 12.3 Å². The predicted molar refractivity (Wildman–Crippen MR) is 73.2 cm³/mol. The second-order valence-electron chi connectivity index (χ2n) is 4.84. The largest absolute Gasteiger partial charge is 0.493 e. The molecule has 1 aliphatic heterocycles. The first-order valence-electron chi connectivity index (χ1n) is 6.31. The SMILES string of the molecule is COc1cnc(C)cc1N1CCN(C)CC1CN. The second kappa shape index (κ2) is 5.54. The van der Waals surface area contributed by atoms with Crippen molar-refractivity contribution in [3.05, 3.63) is 18.0 Å². The van der Waals surface area contributed by atoms with E-state index in [-0.39, 0.29) is 0 Å². The summed E-state index contributed by atoms with van der Waals surface area (Å²) in [5.41, 5.74) is 8.00. The Kier molecular flexibility index (Phi) is 4.04. The smallest absolute Gasteiger partial charge is 0.160 e. The summed E-state index contributed by atoms with van der Waals surface area (Å²) < 4.78 is 5.41. The molecule has 0 saturated carbocycles. The van der Waals surface area contributed by atoms with Crippen molar-refractivity contribution in [1.82, 2.24) is 9.88 Å². The van der Waals surface area contributed by atoms with Crippen LogP contribution in [0.2, 0.25) is 0 Å². The van der Waals surface area contributed by atoms with Gasteiger partial charge in [0.1, 0.15) is 0 Å². The highest BCUT2D eigenvalue weighted by atomic mass is 16.5. The van der Waals surface area contributed by atoms with E-state index < -0.39 is 0 Å². The van der Waals surface area contributed by atoms with Gasteiger partial charge in [-0.15, -0.1) is 0 Å². The van der Waals surface area contributed by atoms with Gasteiger partial charge in [-0.25, -0.2) is 0 Å². The van der Waals surface area contributed by atoms with Crippen molar-refractivity contribution in [2.45, 2.75) is 13.0 Å². The Bertz CT molecular complexity index is 410. The molecule has 0 amide bonds. The van der Waals surface area contributed by atoms with Crippen LogP contribution in [0, 0.1) is 6.92 Å². The Labute approximate surface area is 109 Å². The average Bonchev–Trinajstić information content (AvgIpc) is 2.38. The number of ether oxygens (including phenoxy) is 1. The second-order valence-corrected chi connectivity index (χ2v) is 4.84. The lowest BCUT2D eigenvalue weighted by Gasteiger charge is -2.41. The third kappa shape index (κ3) is 2.57. The molecular formula is C13H22N4O. The lowest BCUT2D eigenvalue weighted by atomic mass is 10.1. The molecule has 5 heteroatoms. The third-order valence-electron chi connectivity index (χ3n) is 3.47. The van der Waals surface area contributed by atoms with Gasteiger partial charge in [0.05, 0.1) is 25.0 Å². The van der Waals surface area contributed by atoms with E-state index in [0.717, 1.165) is 36.8 Å². The molecule has 0 radical (unpaired) electrons. The molecule has 1 aromatic heterocycles. The van der Waals surface area contributed by atoms with Crippen molar-refractivity contribution in [2.24, 2.45) is 5.73 Å². The van der Waals surface area contributed by atoms with E-state index in [2.05, 4.69) is 27.9 Å². The van der Waals surface area contributed by atoms with Crippen molar-refractivity contribution in [3.63, 3.8) is 0 Å². The van der Waals surface area contributed by atoms with Crippen molar-refractivity contribution >= 4 is 5.69 Å². The van der Waals surface area contributed by atoms with Crippen molar-refractivity contribution < 1.29 is 4.74 Å². The molecule has 5 nitrogen and oxygen atoms in total. The minimum atomic E-state index is 0.333. The van der Waals surface area contributed by atoms with Crippen LogP contribution in [-0.4, -0.2) is 56.3 Å². The summed E-state index contributed by atoms with van der Waals surface area (Å²) in [5.74, 6) is 0.823. The van der Waals surface area contributed by atoms with E-state index in [4.69, 9.17) is 10.5 Å². The number of hydrogen-bond donors (Lipinski definition) is 1. The molecule has 100 valence electrons. The fraction of sp³-hybridized carbons (Fsp3) is 0.615. The van der Waals surface area contributed by atoms with Gasteiger partial charge in [0, 0.05) is 31.9 Å². The molecule has 1 saturated heterocycles. The van der Waals surface area contributed by atoms with Crippen LogP contribution in [0.1, 0.15) is 5.69 Å². The van der Waals surface area contributed by atoms with Crippen molar-refractivity contribution in [1.29, 1.82) is 0 Å². The Morgan fingerprint density at radius 1 is 1.50 bits per heavy atom. The molecule has 0 aromatic carbocycles. The molecule has 1 fully saturated rings. The summed E-state index contributed by atoms with van der Waals surface area (Å²) in [6.45, 7) is 5.64. The van der Waals surface area contributed by atoms with E-state index in [1.165, 1.54) is 0 Å². The normalized spacial score (nSPS) is 21.1. The molecule has 0 spiro atoms. The highest BCUT2D eigenvalue weighted by Gasteiger charge is 2.26.